The molecule has 114 valence electrons. The molecule has 0 atom stereocenters. The van der Waals surface area contributed by atoms with Crippen molar-refractivity contribution in [2.45, 2.75) is 6.92 Å². The Morgan fingerprint density at radius 3 is 2.70 bits per heavy atom. The number of aromatic nitrogens is 2. The van der Waals surface area contributed by atoms with E-state index >= 15 is 0 Å². The van der Waals surface area contributed by atoms with Crippen LogP contribution >= 0.6 is 0 Å². The van der Waals surface area contributed by atoms with Gasteiger partial charge in [0.2, 0.25) is 5.91 Å². The van der Waals surface area contributed by atoms with E-state index in [4.69, 9.17) is 0 Å². The fourth-order valence-electron chi connectivity index (χ4n) is 2.13. The molecule has 3 rings (SSSR count). The minimum absolute atomic E-state index is 0.0948. The number of carbonyl (C=O) groups excluding carboxylic acids is 1. The van der Waals surface area contributed by atoms with Crippen molar-refractivity contribution in [2.75, 3.05) is 10.7 Å². The number of nitrogens with one attached hydrogen (secondary N) is 2. The SMILES string of the molecule is CC(=O)Nc1ccc(/C=N\Nc2nncc3ccccc23)cc1. The van der Waals surface area contributed by atoms with Crippen LogP contribution < -0.4 is 10.7 Å². The monoisotopic (exact) mass is 305 g/mol. The van der Waals surface area contributed by atoms with E-state index < -0.39 is 0 Å². The van der Waals surface area contributed by atoms with Gasteiger partial charge in [0.15, 0.2) is 5.82 Å². The average molecular weight is 305 g/mol. The highest BCUT2D eigenvalue weighted by Gasteiger charge is 2.00. The molecule has 6 heteroatoms. The first-order valence-corrected chi connectivity index (χ1v) is 7.09. The number of hydrogen-bond donors (Lipinski definition) is 2. The number of amides is 1. The van der Waals surface area contributed by atoms with Crippen LogP contribution in [0.25, 0.3) is 10.8 Å². The molecule has 0 radical (unpaired) electrons. The predicted molar refractivity (Wildman–Crippen MR) is 91.5 cm³/mol. The quantitative estimate of drug-likeness (QED) is 0.573. The van der Waals surface area contributed by atoms with E-state index in [9.17, 15) is 4.79 Å². The third kappa shape index (κ3) is 3.68. The van der Waals surface area contributed by atoms with Crippen molar-refractivity contribution in [1.29, 1.82) is 0 Å². The zero-order chi connectivity index (χ0) is 16.1. The molecule has 0 unspecified atom stereocenters. The van der Waals surface area contributed by atoms with Gasteiger partial charge in [-0.3, -0.25) is 10.2 Å². The number of hydrazone groups is 1. The second-order valence-corrected chi connectivity index (χ2v) is 4.95. The van der Waals surface area contributed by atoms with Gasteiger partial charge < -0.3 is 5.32 Å². The summed E-state index contributed by atoms with van der Waals surface area (Å²) in [4.78, 5) is 11.0. The molecular formula is C17H15N5O. The number of benzene rings is 2. The van der Waals surface area contributed by atoms with Crippen LogP contribution in [0.15, 0.2) is 59.8 Å². The Morgan fingerprint density at radius 2 is 1.91 bits per heavy atom. The molecule has 0 fully saturated rings. The Morgan fingerprint density at radius 1 is 1.13 bits per heavy atom. The summed E-state index contributed by atoms with van der Waals surface area (Å²) in [5, 5.41) is 16.9. The fraction of sp³-hybridized carbons (Fsp3) is 0.0588. The summed E-state index contributed by atoms with van der Waals surface area (Å²) < 4.78 is 0. The van der Waals surface area contributed by atoms with Crippen molar-refractivity contribution in [1.82, 2.24) is 10.2 Å². The molecule has 1 heterocycles. The second kappa shape index (κ2) is 6.65. The Hall–Kier alpha value is -3.28. The van der Waals surface area contributed by atoms with E-state index in [-0.39, 0.29) is 5.91 Å². The van der Waals surface area contributed by atoms with E-state index in [1.165, 1.54) is 6.92 Å². The van der Waals surface area contributed by atoms with Gasteiger partial charge in [-0.05, 0) is 17.7 Å². The van der Waals surface area contributed by atoms with Crippen LogP contribution in [0, 0.1) is 0 Å². The molecule has 0 aliphatic carbocycles. The highest BCUT2D eigenvalue weighted by Crippen LogP contribution is 2.19. The molecule has 3 aromatic rings. The Kier molecular flexibility index (Phi) is 4.24. The smallest absolute Gasteiger partial charge is 0.221 e. The van der Waals surface area contributed by atoms with E-state index in [1.54, 1.807) is 12.4 Å². The average Bonchev–Trinajstić information content (AvgIpc) is 2.56. The minimum atomic E-state index is -0.0948. The Labute approximate surface area is 133 Å². The summed E-state index contributed by atoms with van der Waals surface area (Å²) in [5.41, 5.74) is 4.56. The largest absolute Gasteiger partial charge is 0.326 e. The number of hydrogen-bond acceptors (Lipinski definition) is 5. The minimum Gasteiger partial charge on any atom is -0.326 e. The highest BCUT2D eigenvalue weighted by molar-refractivity contribution is 5.92. The van der Waals surface area contributed by atoms with Crippen LogP contribution in [-0.4, -0.2) is 22.3 Å². The van der Waals surface area contributed by atoms with Gasteiger partial charge in [-0.15, -0.1) is 5.10 Å². The topological polar surface area (TPSA) is 79.3 Å². The van der Waals surface area contributed by atoms with Crippen LogP contribution in [0.2, 0.25) is 0 Å². The van der Waals surface area contributed by atoms with Crippen LogP contribution in [0.5, 0.6) is 0 Å². The van der Waals surface area contributed by atoms with Crippen molar-refractivity contribution >= 4 is 34.4 Å². The third-order valence-electron chi connectivity index (χ3n) is 3.19. The molecular weight excluding hydrogens is 290 g/mol. The van der Waals surface area contributed by atoms with Gasteiger partial charge in [0, 0.05) is 23.4 Å². The summed E-state index contributed by atoms with van der Waals surface area (Å²) >= 11 is 0. The standard InChI is InChI=1S/C17H15N5O/c1-12(23)20-15-8-6-13(7-9-15)10-18-21-17-16-5-3-2-4-14(16)11-19-22-17/h2-11H,1H3,(H,20,23)(H,21,22)/b18-10-. The first kappa shape index (κ1) is 14.6. The van der Waals surface area contributed by atoms with Gasteiger partial charge in [0.1, 0.15) is 0 Å². The molecule has 0 bridgehead atoms. The molecule has 1 aromatic heterocycles. The van der Waals surface area contributed by atoms with Crippen LogP contribution in [0.3, 0.4) is 0 Å². The van der Waals surface area contributed by atoms with Crippen molar-refractivity contribution in [2.24, 2.45) is 5.10 Å². The Bertz CT molecular complexity index is 853. The lowest BCUT2D eigenvalue weighted by Gasteiger charge is -2.03. The van der Waals surface area contributed by atoms with E-state index in [2.05, 4.69) is 26.0 Å². The van der Waals surface area contributed by atoms with Gasteiger partial charge in [-0.25, -0.2) is 0 Å². The summed E-state index contributed by atoms with van der Waals surface area (Å²) in [6.45, 7) is 1.48. The summed E-state index contributed by atoms with van der Waals surface area (Å²) in [5.74, 6) is 0.511. The first-order valence-electron chi connectivity index (χ1n) is 7.09. The molecule has 0 aliphatic rings. The lowest BCUT2D eigenvalue weighted by atomic mass is 10.2. The molecule has 0 spiro atoms. The first-order chi connectivity index (χ1) is 11.2. The van der Waals surface area contributed by atoms with Gasteiger partial charge in [-0.2, -0.15) is 10.2 Å². The van der Waals surface area contributed by atoms with Crippen LogP contribution in [0.4, 0.5) is 11.5 Å². The molecule has 2 N–H and O–H groups in total. The molecule has 0 saturated carbocycles. The third-order valence-corrected chi connectivity index (χ3v) is 3.19. The van der Waals surface area contributed by atoms with Crippen molar-refractivity contribution < 1.29 is 4.79 Å². The van der Waals surface area contributed by atoms with Gasteiger partial charge >= 0.3 is 0 Å². The van der Waals surface area contributed by atoms with Crippen LogP contribution in [-0.2, 0) is 4.79 Å². The second-order valence-electron chi connectivity index (χ2n) is 4.95. The van der Waals surface area contributed by atoms with E-state index in [0.717, 1.165) is 22.0 Å². The van der Waals surface area contributed by atoms with Crippen molar-refractivity contribution in [3.05, 3.63) is 60.3 Å². The zero-order valence-corrected chi connectivity index (χ0v) is 12.5. The summed E-state index contributed by atoms with van der Waals surface area (Å²) in [6.07, 6.45) is 3.39. The number of carbonyl (C=O) groups is 1. The molecule has 1 amide bonds. The van der Waals surface area contributed by atoms with Gasteiger partial charge in [0.25, 0.3) is 0 Å². The fourth-order valence-corrected chi connectivity index (χ4v) is 2.13. The highest BCUT2D eigenvalue weighted by atomic mass is 16.1. The summed E-state index contributed by atoms with van der Waals surface area (Å²) in [6, 6.07) is 15.2. The zero-order valence-electron chi connectivity index (χ0n) is 12.5. The van der Waals surface area contributed by atoms with Crippen LogP contribution in [0.1, 0.15) is 12.5 Å². The maximum absolute atomic E-state index is 11.0. The van der Waals surface area contributed by atoms with Crippen molar-refractivity contribution in [3.8, 4) is 0 Å². The number of nitrogens with zero attached hydrogens (tertiary/aromatic N) is 3. The Balaban J connectivity index is 1.72. The lowest BCUT2D eigenvalue weighted by Crippen LogP contribution is -2.05. The maximum atomic E-state index is 11.0. The van der Waals surface area contributed by atoms with Crippen molar-refractivity contribution in [3.63, 3.8) is 0 Å². The van der Waals surface area contributed by atoms with E-state index in [0.29, 0.717) is 5.82 Å². The normalized spacial score (nSPS) is 10.8. The van der Waals surface area contributed by atoms with Gasteiger partial charge in [0.05, 0.1) is 12.4 Å². The lowest BCUT2D eigenvalue weighted by molar-refractivity contribution is -0.114. The molecule has 0 aliphatic heterocycles. The molecule has 2 aromatic carbocycles. The molecule has 0 saturated heterocycles. The molecule has 23 heavy (non-hydrogen) atoms. The summed E-state index contributed by atoms with van der Waals surface area (Å²) in [7, 11) is 0. The molecule has 6 nitrogen and oxygen atoms in total. The number of fused-ring (bicyclic) bond motifs is 1. The van der Waals surface area contributed by atoms with Gasteiger partial charge in [-0.1, -0.05) is 36.4 Å². The predicted octanol–water partition coefficient (Wildman–Crippen LogP) is 3.03. The number of rotatable bonds is 4. The maximum Gasteiger partial charge on any atom is 0.221 e. The van der Waals surface area contributed by atoms with E-state index in [1.807, 2.05) is 48.5 Å². The number of anilines is 2.